The van der Waals surface area contributed by atoms with Gasteiger partial charge in [0, 0.05) is 17.4 Å². The largest absolute Gasteiger partial charge is 0.294 e. The van der Waals surface area contributed by atoms with Crippen LogP contribution in [0.25, 0.3) is 22.0 Å². The second-order valence-electron chi connectivity index (χ2n) is 10.8. The van der Waals surface area contributed by atoms with Crippen LogP contribution in [0.5, 0.6) is 0 Å². The van der Waals surface area contributed by atoms with Gasteiger partial charge < -0.3 is 0 Å². The summed E-state index contributed by atoms with van der Waals surface area (Å²) in [6.07, 6.45) is 8.91. The first kappa shape index (κ1) is 22.5. The molecular formula is C31H31ClN2O. The van der Waals surface area contributed by atoms with Crippen molar-refractivity contribution < 1.29 is 4.79 Å². The number of hydrogen-bond acceptors (Lipinski definition) is 2. The molecule has 0 bridgehead atoms. The molecule has 0 unspecified atom stereocenters. The van der Waals surface area contributed by atoms with Crippen LogP contribution >= 0.6 is 11.6 Å². The summed E-state index contributed by atoms with van der Waals surface area (Å²) >= 11 is 6.51. The Kier molecular flexibility index (Phi) is 5.76. The number of aromatic nitrogens is 2. The highest BCUT2D eigenvalue weighted by Crippen LogP contribution is 2.62. The highest BCUT2D eigenvalue weighted by atomic mass is 35.5. The number of benzene rings is 3. The molecule has 1 spiro atoms. The number of rotatable bonds is 7. The van der Waals surface area contributed by atoms with E-state index in [0.29, 0.717) is 29.3 Å². The lowest BCUT2D eigenvalue weighted by Crippen LogP contribution is -2.47. The minimum absolute atomic E-state index is 0.221. The van der Waals surface area contributed by atoms with E-state index >= 15 is 0 Å². The van der Waals surface area contributed by atoms with E-state index in [2.05, 4.69) is 60.6 Å². The first-order chi connectivity index (χ1) is 17.0. The van der Waals surface area contributed by atoms with Crippen LogP contribution in [0.4, 0.5) is 0 Å². The Hall–Kier alpha value is -2.91. The van der Waals surface area contributed by atoms with Crippen LogP contribution in [0.15, 0.2) is 72.9 Å². The van der Waals surface area contributed by atoms with Crippen molar-refractivity contribution in [3.63, 3.8) is 0 Å². The zero-order valence-corrected chi connectivity index (χ0v) is 21.0. The molecule has 178 valence electrons. The van der Waals surface area contributed by atoms with E-state index in [1.54, 1.807) is 6.20 Å². The lowest BCUT2D eigenvalue weighted by atomic mass is 9.47. The minimum Gasteiger partial charge on any atom is -0.294 e. The maximum atomic E-state index is 13.4. The molecule has 3 aromatic carbocycles. The summed E-state index contributed by atoms with van der Waals surface area (Å²) in [7, 11) is 0. The van der Waals surface area contributed by atoms with E-state index in [-0.39, 0.29) is 5.78 Å². The van der Waals surface area contributed by atoms with Gasteiger partial charge in [-0.3, -0.25) is 9.48 Å². The lowest BCUT2D eigenvalue weighted by Gasteiger charge is -2.58. The van der Waals surface area contributed by atoms with Crippen molar-refractivity contribution in [1.82, 2.24) is 9.78 Å². The molecule has 2 saturated carbocycles. The molecule has 4 heteroatoms. The van der Waals surface area contributed by atoms with Gasteiger partial charge in [-0.25, -0.2) is 0 Å². The Morgan fingerprint density at radius 3 is 2.34 bits per heavy atom. The second kappa shape index (κ2) is 8.95. The van der Waals surface area contributed by atoms with Crippen molar-refractivity contribution >= 4 is 28.3 Å². The number of ketones is 1. The molecule has 0 N–H and O–H groups in total. The number of halogens is 1. The molecule has 2 fully saturated rings. The summed E-state index contributed by atoms with van der Waals surface area (Å²) in [5.41, 5.74) is 5.71. The molecule has 1 aromatic heterocycles. The van der Waals surface area contributed by atoms with Crippen molar-refractivity contribution in [2.45, 2.75) is 52.0 Å². The van der Waals surface area contributed by atoms with Crippen LogP contribution in [0.2, 0.25) is 5.02 Å². The summed E-state index contributed by atoms with van der Waals surface area (Å²) in [4.78, 5) is 13.4. The molecule has 0 amide bonds. The van der Waals surface area contributed by atoms with Crippen molar-refractivity contribution in [2.24, 2.45) is 17.3 Å². The molecule has 0 atom stereocenters. The third-order valence-electron chi connectivity index (χ3n) is 8.38. The van der Waals surface area contributed by atoms with Gasteiger partial charge in [-0.15, -0.1) is 0 Å². The van der Waals surface area contributed by atoms with E-state index in [1.807, 2.05) is 22.9 Å². The molecular weight excluding hydrogens is 452 g/mol. The van der Waals surface area contributed by atoms with Crippen LogP contribution in [-0.4, -0.2) is 15.6 Å². The van der Waals surface area contributed by atoms with Crippen LogP contribution in [-0.2, 0) is 6.54 Å². The first-order valence-electron chi connectivity index (χ1n) is 12.9. The van der Waals surface area contributed by atoms with E-state index in [0.717, 1.165) is 27.9 Å². The predicted octanol–water partition coefficient (Wildman–Crippen LogP) is 8.19. The maximum Gasteiger partial charge on any atom is 0.165 e. The van der Waals surface area contributed by atoms with Gasteiger partial charge in [-0.05, 0) is 71.8 Å². The van der Waals surface area contributed by atoms with Crippen LogP contribution in [0, 0.1) is 17.3 Å². The molecule has 0 aliphatic heterocycles. The zero-order chi connectivity index (χ0) is 24.0. The molecule has 2 aliphatic rings. The third-order valence-corrected chi connectivity index (χ3v) is 8.71. The van der Waals surface area contributed by atoms with Gasteiger partial charge in [0.1, 0.15) is 0 Å². The average Bonchev–Trinajstić information content (AvgIpc) is 3.25. The summed E-state index contributed by atoms with van der Waals surface area (Å²) in [5, 5.41) is 6.13. The number of hydrogen-bond donors (Lipinski definition) is 0. The number of nitrogens with zero attached hydrogens (tertiary/aromatic N) is 2. The van der Waals surface area contributed by atoms with Gasteiger partial charge in [-0.2, -0.15) is 5.10 Å². The fourth-order valence-electron chi connectivity index (χ4n) is 6.59. The van der Waals surface area contributed by atoms with E-state index in [1.165, 1.54) is 43.2 Å². The van der Waals surface area contributed by atoms with E-state index in [9.17, 15) is 4.79 Å². The van der Waals surface area contributed by atoms with Crippen molar-refractivity contribution in [3.8, 4) is 11.1 Å². The highest BCUT2D eigenvalue weighted by Gasteiger charge is 2.52. The highest BCUT2D eigenvalue weighted by molar-refractivity contribution is 6.36. The van der Waals surface area contributed by atoms with E-state index in [4.69, 9.17) is 11.6 Å². The van der Waals surface area contributed by atoms with Gasteiger partial charge >= 0.3 is 0 Å². The summed E-state index contributed by atoms with van der Waals surface area (Å²) < 4.78 is 1.94. The summed E-state index contributed by atoms with van der Waals surface area (Å²) in [6, 6.07) is 22.7. The van der Waals surface area contributed by atoms with Crippen molar-refractivity contribution in [1.29, 1.82) is 0 Å². The predicted molar refractivity (Wildman–Crippen MR) is 143 cm³/mol. The van der Waals surface area contributed by atoms with Crippen LogP contribution in [0.1, 0.15) is 61.4 Å². The molecule has 6 rings (SSSR count). The Labute approximate surface area is 212 Å². The number of carbonyl (C=O) groups is 1. The normalized spacial score (nSPS) is 23.3. The number of carbonyl (C=O) groups excluding carboxylic acids is 1. The fourth-order valence-corrected chi connectivity index (χ4v) is 6.79. The van der Waals surface area contributed by atoms with Gasteiger partial charge in [0.15, 0.2) is 5.78 Å². The Morgan fingerprint density at radius 1 is 0.943 bits per heavy atom. The Morgan fingerprint density at radius 2 is 1.63 bits per heavy atom. The number of Topliss-reactive ketones (excluding diaryl/α,β-unsaturated/α-hetero) is 1. The first-order valence-corrected chi connectivity index (χ1v) is 13.2. The minimum atomic E-state index is 0.221. The zero-order valence-electron chi connectivity index (χ0n) is 20.2. The fraction of sp³-hybridized carbons (Fsp3) is 0.355. The summed E-state index contributed by atoms with van der Waals surface area (Å²) in [6.45, 7) is 2.90. The SMILES string of the molecule is CCC1CC2(C1)CC(CC(=O)c1ccc(Cl)c3cnn(Cc4ccc(-c5ccccc5)cc4)c13)C2. The molecule has 35 heavy (non-hydrogen) atoms. The number of fused-ring (bicyclic) bond motifs is 1. The second-order valence-corrected chi connectivity index (χ2v) is 11.2. The standard InChI is InChI=1S/C31H31ClN2O/c1-2-21-15-31(16-21)17-23(18-31)14-29(35)26-12-13-28(32)27-19-33-34(30(26)27)20-22-8-10-25(11-9-22)24-6-4-3-5-7-24/h3-13,19,21,23H,2,14-18,20H2,1H3. The quantitative estimate of drug-likeness (QED) is 0.249. The van der Waals surface area contributed by atoms with Crippen molar-refractivity contribution in [2.75, 3.05) is 0 Å². The Bertz CT molecular complexity index is 1360. The van der Waals surface area contributed by atoms with Gasteiger partial charge in [0.05, 0.1) is 23.3 Å². The summed E-state index contributed by atoms with van der Waals surface area (Å²) in [5.74, 6) is 1.66. The molecule has 0 saturated heterocycles. The topological polar surface area (TPSA) is 34.9 Å². The third kappa shape index (κ3) is 4.21. The smallest absolute Gasteiger partial charge is 0.165 e. The average molecular weight is 483 g/mol. The van der Waals surface area contributed by atoms with Gasteiger partial charge in [-0.1, -0.05) is 79.5 Å². The maximum absolute atomic E-state index is 13.4. The molecule has 4 aromatic rings. The van der Waals surface area contributed by atoms with Crippen LogP contribution in [0.3, 0.4) is 0 Å². The monoisotopic (exact) mass is 482 g/mol. The molecule has 1 heterocycles. The molecule has 3 nitrogen and oxygen atoms in total. The van der Waals surface area contributed by atoms with Crippen LogP contribution < -0.4 is 0 Å². The van der Waals surface area contributed by atoms with Gasteiger partial charge in [0.2, 0.25) is 0 Å². The van der Waals surface area contributed by atoms with Gasteiger partial charge in [0.25, 0.3) is 0 Å². The Balaban J connectivity index is 1.21. The van der Waals surface area contributed by atoms with Crippen molar-refractivity contribution in [3.05, 3.63) is 89.1 Å². The lowest BCUT2D eigenvalue weighted by molar-refractivity contribution is -0.0683. The molecule has 0 radical (unpaired) electrons. The van der Waals surface area contributed by atoms with E-state index < -0.39 is 0 Å². The molecule has 2 aliphatic carbocycles.